The van der Waals surface area contributed by atoms with E-state index in [9.17, 15) is 0 Å². The van der Waals surface area contributed by atoms with Gasteiger partial charge in [-0.15, -0.1) is 0 Å². The summed E-state index contributed by atoms with van der Waals surface area (Å²) < 4.78 is 11.9. The Balaban J connectivity index is 2.08. The van der Waals surface area contributed by atoms with Crippen molar-refractivity contribution < 1.29 is 9.47 Å². The van der Waals surface area contributed by atoms with Crippen LogP contribution in [0.25, 0.3) is 0 Å². The first-order valence-corrected chi connectivity index (χ1v) is 14.8. The smallest absolute Gasteiger partial charge is 0.0593 e. The predicted octanol–water partition coefficient (Wildman–Crippen LogP) is 8.80. The summed E-state index contributed by atoms with van der Waals surface area (Å²) in [6.07, 6.45) is 21.6. The number of nitrogens with zero attached hydrogens (tertiary/aromatic N) is 1. The van der Waals surface area contributed by atoms with Gasteiger partial charge in [-0.2, -0.15) is 0 Å². The van der Waals surface area contributed by atoms with Crippen molar-refractivity contribution in [1.29, 1.82) is 0 Å². The fraction of sp³-hybridized carbons (Fsp3) is 0.806. The predicted molar refractivity (Wildman–Crippen MR) is 149 cm³/mol. The van der Waals surface area contributed by atoms with Crippen molar-refractivity contribution in [1.82, 2.24) is 4.90 Å². The van der Waals surface area contributed by atoms with Crippen molar-refractivity contribution in [3.8, 4) is 0 Å². The third-order valence-electron chi connectivity index (χ3n) is 6.64. The molecule has 34 heavy (non-hydrogen) atoms. The molecular weight excluding hydrogens is 418 g/mol. The lowest BCUT2D eigenvalue weighted by atomic mass is 10.1. The number of rotatable bonds is 26. The quantitative estimate of drug-likeness (QED) is 0.125. The number of hydrogen-bond acceptors (Lipinski definition) is 3. The van der Waals surface area contributed by atoms with Crippen LogP contribution < -0.4 is 0 Å². The molecule has 0 aliphatic heterocycles. The molecule has 0 amide bonds. The molecule has 0 bridgehead atoms. The van der Waals surface area contributed by atoms with Crippen molar-refractivity contribution in [2.45, 2.75) is 123 Å². The second-order valence-electron chi connectivity index (χ2n) is 9.94. The summed E-state index contributed by atoms with van der Waals surface area (Å²) in [5.74, 6) is 0. The third-order valence-corrected chi connectivity index (χ3v) is 6.64. The molecule has 0 aromatic heterocycles. The van der Waals surface area contributed by atoms with Crippen LogP contribution in [0.2, 0.25) is 0 Å². The maximum absolute atomic E-state index is 5.97. The highest BCUT2D eigenvalue weighted by Gasteiger charge is 2.06. The Morgan fingerprint density at radius 2 is 0.912 bits per heavy atom. The van der Waals surface area contributed by atoms with Crippen molar-refractivity contribution in [3.05, 3.63) is 35.9 Å². The fourth-order valence-electron chi connectivity index (χ4n) is 4.38. The van der Waals surface area contributed by atoms with Crippen LogP contribution in [0.4, 0.5) is 0 Å². The molecule has 0 heterocycles. The largest absolute Gasteiger partial charge is 0.380 e. The topological polar surface area (TPSA) is 21.7 Å². The average molecular weight is 476 g/mol. The molecule has 1 aromatic rings. The van der Waals surface area contributed by atoms with Crippen LogP contribution in [0, 0.1) is 0 Å². The average Bonchev–Trinajstić information content (AvgIpc) is 2.86. The lowest BCUT2D eigenvalue weighted by molar-refractivity contribution is 0.0692. The van der Waals surface area contributed by atoms with Gasteiger partial charge in [0.1, 0.15) is 0 Å². The molecule has 198 valence electrons. The van der Waals surface area contributed by atoms with E-state index in [4.69, 9.17) is 9.47 Å². The lowest BCUT2D eigenvalue weighted by Crippen LogP contribution is -2.31. The van der Waals surface area contributed by atoms with Crippen LogP contribution in [0.1, 0.15) is 122 Å². The van der Waals surface area contributed by atoms with Gasteiger partial charge >= 0.3 is 0 Å². The second kappa shape index (κ2) is 25.2. The van der Waals surface area contributed by atoms with Crippen LogP contribution in [-0.2, 0) is 16.0 Å². The number of hydrogen-bond donors (Lipinski definition) is 0. The van der Waals surface area contributed by atoms with Crippen LogP contribution >= 0.6 is 0 Å². The van der Waals surface area contributed by atoms with Gasteiger partial charge in [-0.25, -0.2) is 0 Å². The molecule has 0 N–H and O–H groups in total. The summed E-state index contributed by atoms with van der Waals surface area (Å²) in [5.41, 5.74) is 1.37. The standard InChI is InChI=1S/C31H57NO2/c1-3-5-7-9-11-13-15-20-26-33-28-24-32(30-31-22-18-17-19-23-31)25-29-34-27-21-16-14-12-10-8-6-4-2/h17-19,22-23H,3-16,20-21,24-30H2,1-2H3. The van der Waals surface area contributed by atoms with E-state index in [-0.39, 0.29) is 0 Å². The van der Waals surface area contributed by atoms with Crippen molar-refractivity contribution in [2.75, 3.05) is 39.5 Å². The van der Waals surface area contributed by atoms with Crippen molar-refractivity contribution in [3.63, 3.8) is 0 Å². The summed E-state index contributed by atoms with van der Waals surface area (Å²) in [5, 5.41) is 0. The van der Waals surface area contributed by atoms with Crippen LogP contribution in [0.5, 0.6) is 0 Å². The molecule has 0 radical (unpaired) electrons. The first-order valence-electron chi connectivity index (χ1n) is 14.8. The Morgan fingerprint density at radius 1 is 0.500 bits per heavy atom. The minimum Gasteiger partial charge on any atom is -0.380 e. The molecular formula is C31H57NO2. The van der Waals surface area contributed by atoms with Gasteiger partial charge in [0.2, 0.25) is 0 Å². The molecule has 3 heteroatoms. The molecule has 0 saturated heterocycles. The third kappa shape index (κ3) is 20.5. The Bertz CT molecular complexity index is 481. The zero-order valence-corrected chi connectivity index (χ0v) is 22.9. The minimum absolute atomic E-state index is 0.821. The molecule has 1 aromatic carbocycles. The van der Waals surface area contributed by atoms with E-state index in [1.165, 1.54) is 108 Å². The van der Waals surface area contributed by atoms with Crippen LogP contribution in [0.3, 0.4) is 0 Å². The van der Waals surface area contributed by atoms with Crippen LogP contribution in [0.15, 0.2) is 30.3 Å². The van der Waals surface area contributed by atoms with E-state index in [1.807, 2.05) is 0 Å². The van der Waals surface area contributed by atoms with E-state index < -0.39 is 0 Å². The molecule has 0 unspecified atom stereocenters. The minimum atomic E-state index is 0.821. The van der Waals surface area contributed by atoms with Gasteiger partial charge in [-0.3, -0.25) is 4.90 Å². The summed E-state index contributed by atoms with van der Waals surface area (Å²) in [4.78, 5) is 2.48. The lowest BCUT2D eigenvalue weighted by Gasteiger charge is -2.22. The molecule has 0 atom stereocenters. The normalized spacial score (nSPS) is 11.5. The van der Waals surface area contributed by atoms with E-state index in [2.05, 4.69) is 49.1 Å². The molecule has 0 aliphatic rings. The molecule has 0 aliphatic carbocycles. The van der Waals surface area contributed by atoms with Gasteiger partial charge in [-0.1, -0.05) is 134 Å². The molecule has 0 saturated carbocycles. The zero-order valence-electron chi connectivity index (χ0n) is 22.9. The Morgan fingerprint density at radius 3 is 1.35 bits per heavy atom. The Labute approximate surface area is 213 Å². The van der Waals surface area contributed by atoms with Gasteiger partial charge in [0.05, 0.1) is 13.2 Å². The van der Waals surface area contributed by atoms with E-state index in [1.54, 1.807) is 0 Å². The molecule has 3 nitrogen and oxygen atoms in total. The number of benzene rings is 1. The zero-order chi connectivity index (χ0) is 24.4. The summed E-state index contributed by atoms with van der Waals surface area (Å²) in [6.45, 7) is 10.9. The first kappa shape index (κ1) is 31.1. The molecule has 0 spiro atoms. The van der Waals surface area contributed by atoms with Gasteiger partial charge in [0.25, 0.3) is 0 Å². The van der Waals surface area contributed by atoms with Crippen molar-refractivity contribution >= 4 is 0 Å². The van der Waals surface area contributed by atoms with E-state index in [0.29, 0.717) is 0 Å². The Kier molecular flexibility index (Phi) is 23.1. The monoisotopic (exact) mass is 475 g/mol. The van der Waals surface area contributed by atoms with E-state index >= 15 is 0 Å². The van der Waals surface area contributed by atoms with Crippen molar-refractivity contribution in [2.24, 2.45) is 0 Å². The first-order chi connectivity index (χ1) is 16.9. The molecule has 1 rings (SSSR count). The molecule has 0 fully saturated rings. The summed E-state index contributed by atoms with van der Waals surface area (Å²) in [6, 6.07) is 10.8. The van der Waals surface area contributed by atoms with Crippen LogP contribution in [-0.4, -0.2) is 44.4 Å². The number of unbranched alkanes of at least 4 members (excludes halogenated alkanes) is 14. The van der Waals surface area contributed by atoms with Gasteiger partial charge in [0.15, 0.2) is 0 Å². The highest BCUT2D eigenvalue weighted by molar-refractivity contribution is 5.14. The summed E-state index contributed by atoms with van der Waals surface area (Å²) in [7, 11) is 0. The maximum atomic E-state index is 5.97. The maximum Gasteiger partial charge on any atom is 0.0593 e. The number of ether oxygens (including phenoxy) is 2. The SMILES string of the molecule is CCCCCCCCCCOCCN(CCOCCCCCCCCCC)Cc1ccccc1. The van der Waals surface area contributed by atoms with Gasteiger partial charge in [-0.05, 0) is 18.4 Å². The van der Waals surface area contributed by atoms with Gasteiger partial charge in [0, 0.05) is 32.8 Å². The highest BCUT2D eigenvalue weighted by Crippen LogP contribution is 2.10. The van der Waals surface area contributed by atoms with E-state index in [0.717, 1.165) is 46.1 Å². The fourth-order valence-corrected chi connectivity index (χ4v) is 4.38. The summed E-state index contributed by atoms with van der Waals surface area (Å²) >= 11 is 0. The Hall–Kier alpha value is -0.900. The van der Waals surface area contributed by atoms with Gasteiger partial charge < -0.3 is 9.47 Å². The second-order valence-corrected chi connectivity index (χ2v) is 9.94. The highest BCUT2D eigenvalue weighted by atomic mass is 16.5.